The molecule has 2 aromatic heterocycles. The van der Waals surface area contributed by atoms with E-state index in [2.05, 4.69) is 25.5 Å². The molecule has 0 aliphatic heterocycles. The number of nitrogens with zero attached hydrogens (tertiary/aromatic N) is 4. The predicted molar refractivity (Wildman–Crippen MR) is 77.6 cm³/mol. The van der Waals surface area contributed by atoms with E-state index in [0.717, 1.165) is 26.0 Å². The lowest BCUT2D eigenvalue weighted by Crippen LogP contribution is -2.00. The first-order valence-electron chi connectivity index (χ1n) is 5.24. The number of nitrogens with one attached hydrogen (secondary N) is 1. The largest absolute Gasteiger partial charge is 0.373 e. The number of rotatable bonds is 5. The lowest BCUT2D eigenvalue weighted by molar-refractivity contribution is 0.951. The third-order valence-corrected chi connectivity index (χ3v) is 5.07. The summed E-state index contributed by atoms with van der Waals surface area (Å²) in [6, 6.07) is 1.92. The van der Waals surface area contributed by atoms with Gasteiger partial charge in [-0.25, -0.2) is 9.97 Å². The number of anilines is 1. The summed E-state index contributed by atoms with van der Waals surface area (Å²) in [7, 11) is 1.86. The third-order valence-electron chi connectivity index (χ3n) is 2.04. The fourth-order valence-corrected chi connectivity index (χ4v) is 3.58. The van der Waals surface area contributed by atoms with E-state index in [1.165, 1.54) is 0 Å². The smallest absolute Gasteiger partial charge is 0.175 e. The lowest BCUT2D eigenvalue weighted by Gasteiger charge is -2.03. The van der Waals surface area contributed by atoms with Crippen molar-refractivity contribution in [2.45, 2.75) is 21.4 Å². The van der Waals surface area contributed by atoms with Crippen LogP contribution in [-0.4, -0.2) is 33.5 Å². The van der Waals surface area contributed by atoms with Crippen molar-refractivity contribution < 1.29 is 0 Å². The Bertz CT molecular complexity index is 528. The minimum atomic E-state index is 0.708. The second kappa shape index (κ2) is 6.35. The standard InChI is InChI=1S/C10H13N5S3/c1-6-4-7(11-2)13-8(12-6)5-17-10-15-14-9(16-3)18-10/h4H,5H2,1-3H3,(H,11,12,13). The molecule has 2 aromatic rings. The first-order chi connectivity index (χ1) is 8.71. The zero-order chi connectivity index (χ0) is 13.0. The van der Waals surface area contributed by atoms with Crippen LogP contribution < -0.4 is 5.32 Å². The molecule has 0 unspecified atom stereocenters. The summed E-state index contributed by atoms with van der Waals surface area (Å²) in [5.74, 6) is 2.37. The topological polar surface area (TPSA) is 63.6 Å². The molecule has 18 heavy (non-hydrogen) atoms. The Balaban J connectivity index is 2.03. The Hall–Kier alpha value is -0.860. The average molecular weight is 299 g/mol. The third kappa shape index (κ3) is 3.56. The van der Waals surface area contributed by atoms with Crippen molar-refractivity contribution >= 4 is 40.7 Å². The minimum absolute atomic E-state index is 0.708. The van der Waals surface area contributed by atoms with E-state index >= 15 is 0 Å². The van der Waals surface area contributed by atoms with Gasteiger partial charge in [0, 0.05) is 18.8 Å². The molecule has 0 aliphatic rings. The van der Waals surface area contributed by atoms with Gasteiger partial charge in [-0.2, -0.15) is 0 Å². The summed E-state index contributed by atoms with van der Waals surface area (Å²) < 4.78 is 1.94. The number of hydrogen-bond acceptors (Lipinski definition) is 8. The molecule has 0 radical (unpaired) electrons. The van der Waals surface area contributed by atoms with Gasteiger partial charge >= 0.3 is 0 Å². The van der Waals surface area contributed by atoms with Gasteiger partial charge in [0.15, 0.2) is 8.68 Å². The zero-order valence-corrected chi connectivity index (χ0v) is 12.7. The summed E-state index contributed by atoms with van der Waals surface area (Å²) in [5.41, 5.74) is 0.965. The normalized spacial score (nSPS) is 10.6. The van der Waals surface area contributed by atoms with Crippen molar-refractivity contribution in [2.75, 3.05) is 18.6 Å². The predicted octanol–water partition coefficient (Wildman–Crippen LogP) is 2.69. The molecule has 1 N–H and O–H groups in total. The maximum Gasteiger partial charge on any atom is 0.175 e. The number of aryl methyl sites for hydroxylation is 1. The second-order valence-corrected chi connectivity index (χ2v) is 6.64. The van der Waals surface area contributed by atoms with Gasteiger partial charge in [-0.15, -0.1) is 10.2 Å². The van der Waals surface area contributed by atoms with Gasteiger partial charge in [0.1, 0.15) is 11.6 Å². The molecule has 0 saturated heterocycles. The van der Waals surface area contributed by atoms with E-state index in [-0.39, 0.29) is 0 Å². The molecule has 2 rings (SSSR count). The van der Waals surface area contributed by atoms with Crippen molar-refractivity contribution in [3.8, 4) is 0 Å². The molecule has 0 amide bonds. The fourth-order valence-electron chi connectivity index (χ4n) is 1.29. The highest BCUT2D eigenvalue weighted by molar-refractivity contribution is 8.02. The summed E-state index contributed by atoms with van der Waals surface area (Å²) in [5, 5.41) is 11.2. The van der Waals surface area contributed by atoms with Crippen LogP contribution in [0.1, 0.15) is 11.5 Å². The van der Waals surface area contributed by atoms with Crippen LogP contribution in [0.5, 0.6) is 0 Å². The van der Waals surface area contributed by atoms with Gasteiger partial charge in [0.25, 0.3) is 0 Å². The van der Waals surface area contributed by atoms with Crippen LogP contribution in [0.2, 0.25) is 0 Å². The fraction of sp³-hybridized carbons (Fsp3) is 0.400. The maximum absolute atomic E-state index is 4.40. The van der Waals surface area contributed by atoms with Crippen LogP contribution in [-0.2, 0) is 5.75 Å². The maximum atomic E-state index is 4.40. The number of aromatic nitrogens is 4. The van der Waals surface area contributed by atoms with Crippen LogP contribution in [0.3, 0.4) is 0 Å². The van der Waals surface area contributed by atoms with Gasteiger partial charge in [-0.1, -0.05) is 34.9 Å². The van der Waals surface area contributed by atoms with Crippen LogP contribution in [0.4, 0.5) is 5.82 Å². The van der Waals surface area contributed by atoms with Crippen molar-refractivity contribution in [3.05, 3.63) is 17.6 Å². The molecule has 0 atom stereocenters. The van der Waals surface area contributed by atoms with Gasteiger partial charge in [0.05, 0.1) is 5.75 Å². The molecule has 96 valence electrons. The average Bonchev–Trinajstić information content (AvgIpc) is 2.83. The summed E-state index contributed by atoms with van der Waals surface area (Å²) in [6.07, 6.45) is 2.00. The molecule has 0 aromatic carbocycles. The van der Waals surface area contributed by atoms with Crippen molar-refractivity contribution in [1.82, 2.24) is 20.2 Å². The van der Waals surface area contributed by atoms with Crippen LogP contribution in [0, 0.1) is 6.92 Å². The van der Waals surface area contributed by atoms with Gasteiger partial charge in [0.2, 0.25) is 0 Å². The zero-order valence-electron chi connectivity index (χ0n) is 10.3. The minimum Gasteiger partial charge on any atom is -0.373 e. The molecule has 0 spiro atoms. The van der Waals surface area contributed by atoms with E-state index in [1.807, 2.05) is 26.3 Å². The summed E-state index contributed by atoms with van der Waals surface area (Å²) >= 11 is 4.83. The molecule has 0 saturated carbocycles. The molecule has 0 bridgehead atoms. The van der Waals surface area contributed by atoms with E-state index in [0.29, 0.717) is 5.75 Å². The molecular weight excluding hydrogens is 286 g/mol. The Morgan fingerprint density at radius 2 is 2.06 bits per heavy atom. The Labute approximate surface area is 118 Å². The molecule has 8 heteroatoms. The van der Waals surface area contributed by atoms with Gasteiger partial charge in [-0.3, -0.25) is 0 Å². The number of hydrogen-bond donors (Lipinski definition) is 1. The Morgan fingerprint density at radius 3 is 2.72 bits per heavy atom. The first kappa shape index (κ1) is 13.6. The second-order valence-electron chi connectivity index (χ2n) is 3.39. The molecule has 0 fully saturated rings. The van der Waals surface area contributed by atoms with E-state index in [9.17, 15) is 0 Å². The van der Waals surface area contributed by atoms with E-state index in [4.69, 9.17) is 0 Å². The summed E-state index contributed by atoms with van der Waals surface area (Å²) in [4.78, 5) is 8.81. The van der Waals surface area contributed by atoms with Gasteiger partial charge in [-0.05, 0) is 13.2 Å². The van der Waals surface area contributed by atoms with Crippen LogP contribution in [0.15, 0.2) is 14.7 Å². The summed E-state index contributed by atoms with van der Waals surface area (Å²) in [6.45, 7) is 1.97. The van der Waals surface area contributed by atoms with Crippen LogP contribution in [0.25, 0.3) is 0 Å². The quantitative estimate of drug-likeness (QED) is 0.851. The van der Waals surface area contributed by atoms with E-state index in [1.54, 1.807) is 34.9 Å². The van der Waals surface area contributed by atoms with Crippen LogP contribution >= 0.6 is 34.9 Å². The highest BCUT2D eigenvalue weighted by atomic mass is 32.2. The highest BCUT2D eigenvalue weighted by Gasteiger charge is 2.06. The van der Waals surface area contributed by atoms with Crippen molar-refractivity contribution in [3.63, 3.8) is 0 Å². The molecule has 2 heterocycles. The van der Waals surface area contributed by atoms with E-state index < -0.39 is 0 Å². The number of thioether (sulfide) groups is 2. The van der Waals surface area contributed by atoms with Crippen molar-refractivity contribution in [1.29, 1.82) is 0 Å². The lowest BCUT2D eigenvalue weighted by atomic mass is 10.4. The highest BCUT2D eigenvalue weighted by Crippen LogP contribution is 2.29. The monoisotopic (exact) mass is 299 g/mol. The molecule has 5 nitrogen and oxygen atoms in total. The first-order valence-corrected chi connectivity index (χ1v) is 8.26. The Kier molecular flexibility index (Phi) is 4.79. The molecular formula is C10H13N5S3. The molecule has 0 aliphatic carbocycles. The van der Waals surface area contributed by atoms with Gasteiger partial charge < -0.3 is 5.32 Å². The van der Waals surface area contributed by atoms with Crippen molar-refractivity contribution in [2.24, 2.45) is 0 Å². The Morgan fingerprint density at radius 1 is 1.28 bits per heavy atom. The SMILES string of the molecule is CNc1cc(C)nc(CSc2nnc(SC)s2)n1.